The number of alkyl halides is 2. The Labute approximate surface area is 159 Å². The van der Waals surface area contributed by atoms with Crippen LogP contribution in [0.5, 0.6) is 5.75 Å². The third-order valence-corrected chi connectivity index (χ3v) is 4.89. The molecular weight excluding hydrogens is 374 g/mol. The van der Waals surface area contributed by atoms with Crippen LogP contribution in [-0.4, -0.2) is 21.4 Å². The predicted octanol–water partition coefficient (Wildman–Crippen LogP) is 4.99. The second kappa shape index (κ2) is 7.15. The van der Waals surface area contributed by atoms with Crippen LogP contribution in [0.2, 0.25) is 5.02 Å². The topological polar surface area (TPSA) is 52.0 Å². The zero-order chi connectivity index (χ0) is 19.0. The Bertz CT molecular complexity index is 945. The van der Waals surface area contributed by atoms with Crippen molar-refractivity contribution in [3.63, 3.8) is 0 Å². The summed E-state index contributed by atoms with van der Waals surface area (Å²) in [7, 11) is 0. The van der Waals surface area contributed by atoms with Gasteiger partial charge < -0.3 is 10.1 Å². The number of aryl methyl sites for hydroxylation is 1. The molecule has 1 aliphatic rings. The van der Waals surface area contributed by atoms with Crippen molar-refractivity contribution in [2.75, 3.05) is 5.32 Å². The minimum absolute atomic E-state index is 0.0503. The van der Waals surface area contributed by atoms with Crippen LogP contribution in [0, 0.1) is 6.92 Å². The first kappa shape index (κ1) is 17.7. The molecule has 2 heterocycles. The van der Waals surface area contributed by atoms with Crippen LogP contribution in [0.15, 0.2) is 48.8 Å². The largest absolute Gasteiger partial charge is 0.434 e. The Hall–Kier alpha value is -2.67. The number of rotatable bonds is 4. The molecule has 140 valence electrons. The highest BCUT2D eigenvalue weighted by molar-refractivity contribution is 6.30. The van der Waals surface area contributed by atoms with E-state index in [1.54, 1.807) is 10.7 Å². The van der Waals surface area contributed by atoms with Crippen molar-refractivity contribution in [2.24, 2.45) is 0 Å². The summed E-state index contributed by atoms with van der Waals surface area (Å²) >= 11 is 6.14. The molecule has 0 unspecified atom stereocenters. The molecule has 0 fully saturated rings. The second-order valence-electron chi connectivity index (χ2n) is 6.45. The molecular formula is C19H17ClF2N4O. The monoisotopic (exact) mass is 390 g/mol. The molecule has 0 spiro atoms. The minimum atomic E-state index is -2.92. The third-order valence-electron chi connectivity index (χ3n) is 4.66. The number of aromatic nitrogens is 3. The van der Waals surface area contributed by atoms with Gasteiger partial charge in [-0.05, 0) is 37.1 Å². The number of anilines is 1. The van der Waals surface area contributed by atoms with Crippen molar-refractivity contribution < 1.29 is 13.5 Å². The van der Waals surface area contributed by atoms with Gasteiger partial charge in [-0.2, -0.15) is 18.9 Å². The van der Waals surface area contributed by atoms with E-state index in [9.17, 15) is 8.78 Å². The van der Waals surface area contributed by atoms with Crippen molar-refractivity contribution in [1.82, 2.24) is 14.8 Å². The Balaban J connectivity index is 1.76. The van der Waals surface area contributed by atoms with Gasteiger partial charge in [0.1, 0.15) is 12.1 Å². The van der Waals surface area contributed by atoms with Crippen molar-refractivity contribution in [3.05, 3.63) is 70.5 Å². The average Bonchev–Trinajstić information content (AvgIpc) is 3.11. The van der Waals surface area contributed by atoms with Crippen LogP contribution in [0.3, 0.4) is 0 Å². The second-order valence-corrected chi connectivity index (χ2v) is 6.88. The van der Waals surface area contributed by atoms with E-state index < -0.39 is 6.61 Å². The normalized spacial score (nSPS) is 18.9. The summed E-state index contributed by atoms with van der Waals surface area (Å²) in [6.45, 7) is -0.896. The fourth-order valence-electron chi connectivity index (χ4n) is 3.38. The number of nitrogens with one attached hydrogen (secondary N) is 1. The maximum atomic E-state index is 12.9. The lowest BCUT2D eigenvalue weighted by Gasteiger charge is -2.32. The third kappa shape index (κ3) is 3.60. The predicted molar refractivity (Wildman–Crippen MR) is 98.4 cm³/mol. The molecule has 1 aromatic heterocycles. The summed E-state index contributed by atoms with van der Waals surface area (Å²) in [6, 6.07) is 12.4. The number of benzene rings is 2. The van der Waals surface area contributed by atoms with Gasteiger partial charge in [0.05, 0.1) is 12.1 Å². The first-order chi connectivity index (χ1) is 13.0. The summed E-state index contributed by atoms with van der Waals surface area (Å²) in [5, 5.41) is 8.06. The molecule has 0 aliphatic carbocycles. The Morgan fingerprint density at radius 3 is 2.74 bits per heavy atom. The van der Waals surface area contributed by atoms with E-state index in [0.29, 0.717) is 23.0 Å². The lowest BCUT2D eigenvalue weighted by Crippen LogP contribution is -2.28. The fourth-order valence-corrected chi connectivity index (χ4v) is 3.56. The van der Waals surface area contributed by atoms with Crippen LogP contribution < -0.4 is 10.1 Å². The van der Waals surface area contributed by atoms with E-state index in [1.165, 1.54) is 18.5 Å². The van der Waals surface area contributed by atoms with Gasteiger partial charge in [-0.3, -0.25) is 0 Å². The molecule has 27 heavy (non-hydrogen) atoms. The molecule has 4 rings (SSSR count). The van der Waals surface area contributed by atoms with Crippen molar-refractivity contribution >= 4 is 17.5 Å². The quantitative estimate of drug-likeness (QED) is 0.682. The number of hydrogen-bond donors (Lipinski definition) is 1. The number of halogens is 3. The lowest BCUT2D eigenvalue weighted by atomic mass is 9.92. The summed E-state index contributed by atoms with van der Waals surface area (Å²) in [6.07, 6.45) is 2.02. The molecule has 8 heteroatoms. The van der Waals surface area contributed by atoms with E-state index in [0.717, 1.165) is 11.1 Å². The Morgan fingerprint density at radius 2 is 2.00 bits per heavy atom. The van der Waals surface area contributed by atoms with Gasteiger partial charge in [-0.1, -0.05) is 41.4 Å². The Morgan fingerprint density at radius 1 is 1.22 bits per heavy atom. The molecule has 2 atom stereocenters. The molecule has 2 aromatic carbocycles. The molecule has 0 amide bonds. The van der Waals surface area contributed by atoms with Gasteiger partial charge in [0.15, 0.2) is 0 Å². The molecule has 1 aliphatic heterocycles. The van der Waals surface area contributed by atoms with Crippen LogP contribution >= 0.6 is 11.6 Å². The van der Waals surface area contributed by atoms with Crippen LogP contribution in [-0.2, 0) is 0 Å². The minimum Gasteiger partial charge on any atom is -0.434 e. The van der Waals surface area contributed by atoms with Gasteiger partial charge in [0.2, 0.25) is 5.95 Å². The van der Waals surface area contributed by atoms with Gasteiger partial charge in [0.25, 0.3) is 0 Å². The smallest absolute Gasteiger partial charge is 0.387 e. The molecule has 5 nitrogen and oxygen atoms in total. The SMILES string of the molecule is Cc1ccc([C@@H]2C[C@H](c3cc(Cl)ccc3OC(F)F)n3ncnc3N2)cc1. The maximum absolute atomic E-state index is 12.9. The van der Waals surface area contributed by atoms with Crippen molar-refractivity contribution in [2.45, 2.75) is 32.0 Å². The summed E-state index contributed by atoms with van der Waals surface area (Å²) in [5.74, 6) is 0.658. The van der Waals surface area contributed by atoms with Gasteiger partial charge in [-0.25, -0.2) is 4.68 Å². The zero-order valence-electron chi connectivity index (χ0n) is 14.4. The molecule has 0 radical (unpaired) electrons. The maximum Gasteiger partial charge on any atom is 0.387 e. The van der Waals surface area contributed by atoms with Gasteiger partial charge in [0, 0.05) is 10.6 Å². The van der Waals surface area contributed by atoms with Gasteiger partial charge >= 0.3 is 6.61 Å². The molecule has 0 bridgehead atoms. The molecule has 0 saturated heterocycles. The number of ether oxygens (including phenoxy) is 1. The highest BCUT2D eigenvalue weighted by Gasteiger charge is 2.32. The van der Waals surface area contributed by atoms with Crippen LogP contribution in [0.25, 0.3) is 0 Å². The van der Waals surface area contributed by atoms with Crippen molar-refractivity contribution in [3.8, 4) is 5.75 Å². The Kier molecular flexibility index (Phi) is 4.70. The van der Waals surface area contributed by atoms with E-state index in [4.69, 9.17) is 16.3 Å². The highest BCUT2D eigenvalue weighted by atomic mass is 35.5. The van der Waals surface area contributed by atoms with Crippen LogP contribution in [0.1, 0.15) is 35.2 Å². The molecule has 1 N–H and O–H groups in total. The first-order valence-corrected chi connectivity index (χ1v) is 8.86. The van der Waals surface area contributed by atoms with Gasteiger partial charge in [-0.15, -0.1) is 0 Å². The number of hydrogen-bond acceptors (Lipinski definition) is 4. The summed E-state index contributed by atoms with van der Waals surface area (Å²) in [4.78, 5) is 4.26. The summed E-state index contributed by atoms with van der Waals surface area (Å²) in [5.41, 5.74) is 2.79. The van der Waals surface area contributed by atoms with Crippen LogP contribution in [0.4, 0.5) is 14.7 Å². The van der Waals surface area contributed by atoms with E-state index >= 15 is 0 Å². The molecule has 0 saturated carbocycles. The van der Waals surface area contributed by atoms with E-state index in [-0.39, 0.29) is 17.8 Å². The standard InChI is InChI=1S/C19H17ClF2N4O/c1-11-2-4-12(5-3-11)15-9-16(26-19(25-15)23-10-24-26)14-8-13(20)6-7-17(14)27-18(21)22/h2-8,10,15-16,18H,9H2,1H3,(H,23,24,25)/t15-,16+/m0/s1. The lowest BCUT2D eigenvalue weighted by molar-refractivity contribution is -0.0507. The number of nitrogens with zero attached hydrogens (tertiary/aromatic N) is 3. The van der Waals surface area contributed by atoms with E-state index in [1.807, 2.05) is 31.2 Å². The van der Waals surface area contributed by atoms with Crippen molar-refractivity contribution in [1.29, 1.82) is 0 Å². The summed E-state index contributed by atoms with van der Waals surface area (Å²) < 4.78 is 32.2. The average molecular weight is 391 g/mol. The highest BCUT2D eigenvalue weighted by Crippen LogP contribution is 2.41. The fraction of sp³-hybridized carbons (Fsp3) is 0.263. The first-order valence-electron chi connectivity index (χ1n) is 8.48. The molecule has 3 aromatic rings. The number of fused-ring (bicyclic) bond motifs is 1. The van der Waals surface area contributed by atoms with E-state index in [2.05, 4.69) is 15.4 Å². The zero-order valence-corrected chi connectivity index (χ0v) is 15.2.